The number of ether oxygens (including phenoxy) is 1. The van der Waals surface area contributed by atoms with Crippen molar-refractivity contribution in [2.75, 3.05) is 5.32 Å². The van der Waals surface area contributed by atoms with E-state index >= 15 is 0 Å². The predicted octanol–water partition coefficient (Wildman–Crippen LogP) is 4.47. The quantitative estimate of drug-likeness (QED) is 0.716. The highest BCUT2D eigenvalue weighted by Crippen LogP contribution is 2.25. The molecule has 0 fully saturated rings. The summed E-state index contributed by atoms with van der Waals surface area (Å²) in [5, 5.41) is 20.3. The van der Waals surface area contributed by atoms with Crippen LogP contribution in [-0.2, 0) is 6.42 Å². The minimum Gasteiger partial charge on any atom is -0.457 e. The van der Waals surface area contributed by atoms with Crippen LogP contribution in [0.25, 0.3) is 0 Å². The molecule has 0 radical (unpaired) electrons. The monoisotopic (exact) mass is 334 g/mol. The highest BCUT2D eigenvalue weighted by atomic mass is 16.5. The first-order valence-corrected chi connectivity index (χ1v) is 8.05. The lowest BCUT2D eigenvalue weighted by atomic mass is 10.2. The van der Waals surface area contributed by atoms with E-state index in [2.05, 4.69) is 21.6 Å². The molecule has 0 aliphatic heterocycles. The molecule has 6 nitrogen and oxygen atoms in total. The molecule has 1 atom stereocenters. The molecule has 0 aliphatic carbocycles. The van der Waals surface area contributed by atoms with Crippen molar-refractivity contribution < 1.29 is 9.15 Å². The number of nitrogens with one attached hydrogen (secondary N) is 1. The zero-order valence-corrected chi connectivity index (χ0v) is 14.1. The standard InChI is InChI=1S/C19H18N4O2/c1-3-18-22-23-19(25-18)13(2)21-15-7-9-16(10-8-15)24-17-6-4-5-14(11-17)12-20/h4-11,13,21H,3H2,1-2H3/t13-/m0/s1. The SMILES string of the molecule is CCc1nnc([C@H](C)Nc2ccc(Oc3cccc(C#N)c3)cc2)o1. The summed E-state index contributed by atoms with van der Waals surface area (Å²) in [6.07, 6.45) is 0.721. The Bertz CT molecular complexity index is 881. The van der Waals surface area contributed by atoms with Gasteiger partial charge >= 0.3 is 0 Å². The first-order valence-electron chi connectivity index (χ1n) is 8.05. The second-order valence-corrected chi connectivity index (χ2v) is 5.52. The van der Waals surface area contributed by atoms with E-state index in [9.17, 15) is 0 Å². The molecule has 6 heteroatoms. The maximum Gasteiger partial charge on any atom is 0.238 e. The van der Waals surface area contributed by atoms with E-state index in [0.29, 0.717) is 28.8 Å². The van der Waals surface area contributed by atoms with Gasteiger partial charge in [0.05, 0.1) is 11.6 Å². The Kier molecular flexibility index (Phi) is 4.95. The number of aryl methyl sites for hydroxylation is 1. The third-order valence-electron chi connectivity index (χ3n) is 3.59. The number of nitriles is 1. The fraction of sp³-hybridized carbons (Fsp3) is 0.211. The van der Waals surface area contributed by atoms with Crippen LogP contribution in [0.15, 0.2) is 52.9 Å². The van der Waals surface area contributed by atoms with Crippen molar-refractivity contribution in [3.05, 3.63) is 65.9 Å². The van der Waals surface area contributed by atoms with Crippen molar-refractivity contribution in [2.24, 2.45) is 0 Å². The molecule has 3 rings (SSSR count). The highest BCUT2D eigenvalue weighted by Gasteiger charge is 2.13. The molecule has 0 saturated heterocycles. The van der Waals surface area contributed by atoms with Gasteiger partial charge in [-0.1, -0.05) is 13.0 Å². The fourth-order valence-electron chi connectivity index (χ4n) is 2.28. The van der Waals surface area contributed by atoms with Gasteiger partial charge in [-0.2, -0.15) is 5.26 Å². The first-order chi connectivity index (χ1) is 12.2. The van der Waals surface area contributed by atoms with Gasteiger partial charge in [-0.25, -0.2) is 0 Å². The summed E-state index contributed by atoms with van der Waals surface area (Å²) in [6.45, 7) is 3.94. The van der Waals surface area contributed by atoms with Crippen molar-refractivity contribution in [3.8, 4) is 17.6 Å². The molecule has 0 aliphatic rings. The molecule has 0 saturated carbocycles. The van der Waals surface area contributed by atoms with Gasteiger partial charge in [-0.3, -0.25) is 0 Å². The van der Waals surface area contributed by atoms with E-state index in [1.807, 2.05) is 44.2 Å². The van der Waals surface area contributed by atoms with Crippen molar-refractivity contribution in [2.45, 2.75) is 26.3 Å². The van der Waals surface area contributed by atoms with Crippen LogP contribution in [0.3, 0.4) is 0 Å². The van der Waals surface area contributed by atoms with Crippen molar-refractivity contribution in [1.82, 2.24) is 10.2 Å². The molecule has 0 amide bonds. The topological polar surface area (TPSA) is 84.0 Å². The molecule has 1 heterocycles. The zero-order chi connectivity index (χ0) is 17.6. The molecule has 1 N–H and O–H groups in total. The minimum absolute atomic E-state index is 0.0909. The van der Waals surface area contributed by atoms with Gasteiger partial charge in [0, 0.05) is 12.1 Å². The second-order valence-electron chi connectivity index (χ2n) is 5.52. The lowest BCUT2D eigenvalue weighted by Gasteiger charge is -2.12. The van der Waals surface area contributed by atoms with E-state index in [1.54, 1.807) is 18.2 Å². The van der Waals surface area contributed by atoms with Gasteiger partial charge in [0.1, 0.15) is 17.5 Å². The van der Waals surface area contributed by atoms with Crippen LogP contribution >= 0.6 is 0 Å². The number of hydrogen-bond donors (Lipinski definition) is 1. The summed E-state index contributed by atoms with van der Waals surface area (Å²) in [5.74, 6) is 2.52. The van der Waals surface area contributed by atoms with Crippen LogP contribution in [0, 0.1) is 11.3 Å². The number of rotatable bonds is 6. The summed E-state index contributed by atoms with van der Waals surface area (Å²) in [7, 11) is 0. The highest BCUT2D eigenvalue weighted by molar-refractivity contribution is 5.48. The molecule has 25 heavy (non-hydrogen) atoms. The van der Waals surface area contributed by atoms with Gasteiger partial charge in [0.2, 0.25) is 11.8 Å². The van der Waals surface area contributed by atoms with Crippen LogP contribution in [0.1, 0.15) is 37.2 Å². The number of anilines is 1. The van der Waals surface area contributed by atoms with E-state index in [1.165, 1.54) is 0 Å². The van der Waals surface area contributed by atoms with Crippen LogP contribution in [0.4, 0.5) is 5.69 Å². The molecule has 3 aromatic rings. The van der Waals surface area contributed by atoms with Gasteiger partial charge < -0.3 is 14.5 Å². The van der Waals surface area contributed by atoms with Crippen LogP contribution in [0.2, 0.25) is 0 Å². The lowest BCUT2D eigenvalue weighted by Crippen LogP contribution is -2.06. The third kappa shape index (κ3) is 4.15. The Labute approximate surface area is 146 Å². The number of benzene rings is 2. The normalized spacial score (nSPS) is 11.6. The Morgan fingerprint density at radius 2 is 1.96 bits per heavy atom. The number of hydrogen-bond acceptors (Lipinski definition) is 6. The maximum atomic E-state index is 8.93. The smallest absolute Gasteiger partial charge is 0.238 e. The molecule has 126 valence electrons. The summed E-state index contributed by atoms with van der Waals surface area (Å²) in [5.41, 5.74) is 1.48. The van der Waals surface area contributed by atoms with Gasteiger partial charge in [-0.15, -0.1) is 10.2 Å². The van der Waals surface area contributed by atoms with Crippen molar-refractivity contribution >= 4 is 5.69 Å². The van der Waals surface area contributed by atoms with Gasteiger partial charge in [0.25, 0.3) is 0 Å². The van der Waals surface area contributed by atoms with E-state index in [4.69, 9.17) is 14.4 Å². The van der Waals surface area contributed by atoms with Crippen LogP contribution in [0.5, 0.6) is 11.5 Å². The molecule has 1 aromatic heterocycles. The Morgan fingerprint density at radius 3 is 2.64 bits per heavy atom. The summed E-state index contributed by atoms with van der Waals surface area (Å²) in [6, 6.07) is 16.6. The minimum atomic E-state index is -0.0909. The second kappa shape index (κ2) is 7.49. The number of nitrogens with zero attached hydrogens (tertiary/aromatic N) is 3. The zero-order valence-electron chi connectivity index (χ0n) is 14.1. The molecule has 2 aromatic carbocycles. The largest absolute Gasteiger partial charge is 0.457 e. The summed E-state index contributed by atoms with van der Waals surface area (Å²) >= 11 is 0. The van der Waals surface area contributed by atoms with Crippen molar-refractivity contribution in [3.63, 3.8) is 0 Å². The number of aromatic nitrogens is 2. The van der Waals surface area contributed by atoms with Gasteiger partial charge in [-0.05, 0) is 49.4 Å². The van der Waals surface area contributed by atoms with Crippen LogP contribution in [-0.4, -0.2) is 10.2 Å². The summed E-state index contributed by atoms with van der Waals surface area (Å²) in [4.78, 5) is 0. The molecule has 0 bridgehead atoms. The Balaban J connectivity index is 1.64. The lowest BCUT2D eigenvalue weighted by molar-refractivity contribution is 0.439. The Hall–Kier alpha value is -3.33. The summed E-state index contributed by atoms with van der Waals surface area (Å²) < 4.78 is 11.3. The van der Waals surface area contributed by atoms with E-state index < -0.39 is 0 Å². The Morgan fingerprint density at radius 1 is 1.16 bits per heavy atom. The molecular formula is C19H18N4O2. The average molecular weight is 334 g/mol. The molecule has 0 unspecified atom stereocenters. The fourth-order valence-corrected chi connectivity index (χ4v) is 2.28. The van der Waals surface area contributed by atoms with Crippen LogP contribution < -0.4 is 10.1 Å². The average Bonchev–Trinajstić information content (AvgIpc) is 3.13. The molecule has 0 spiro atoms. The first kappa shape index (κ1) is 16.5. The third-order valence-corrected chi connectivity index (χ3v) is 3.59. The van der Waals surface area contributed by atoms with E-state index in [0.717, 1.165) is 12.1 Å². The predicted molar refractivity (Wildman–Crippen MR) is 93.4 cm³/mol. The van der Waals surface area contributed by atoms with E-state index in [-0.39, 0.29) is 6.04 Å². The van der Waals surface area contributed by atoms with Crippen molar-refractivity contribution in [1.29, 1.82) is 5.26 Å². The van der Waals surface area contributed by atoms with Gasteiger partial charge in [0.15, 0.2) is 0 Å². The maximum absolute atomic E-state index is 8.93. The molecular weight excluding hydrogens is 316 g/mol.